The minimum atomic E-state index is -0.358. The Hall–Kier alpha value is -2.61. The van der Waals surface area contributed by atoms with Gasteiger partial charge in [0.2, 0.25) is 0 Å². The smallest absolute Gasteiger partial charge is 0.409 e. The van der Waals surface area contributed by atoms with Gasteiger partial charge in [0.05, 0.1) is 92.5 Å². The first kappa shape index (κ1) is 36.9. The first-order chi connectivity index (χ1) is 22.1. The van der Waals surface area contributed by atoms with Gasteiger partial charge in [0, 0.05) is 26.1 Å². The van der Waals surface area contributed by atoms with Gasteiger partial charge in [-0.05, 0) is 36.3 Å². The summed E-state index contributed by atoms with van der Waals surface area (Å²) in [5.41, 5.74) is 4.82. The molecule has 0 aliphatic heterocycles. The van der Waals surface area contributed by atoms with Crippen molar-refractivity contribution < 1.29 is 42.7 Å². The van der Waals surface area contributed by atoms with Crippen molar-refractivity contribution in [3.8, 4) is 11.1 Å². The number of fused-ring (bicyclic) bond motifs is 3. The summed E-state index contributed by atoms with van der Waals surface area (Å²) >= 11 is 0. The van der Waals surface area contributed by atoms with Crippen molar-refractivity contribution in [2.75, 3.05) is 133 Å². The molecule has 45 heavy (non-hydrogen) atoms. The van der Waals surface area contributed by atoms with Gasteiger partial charge in [-0.2, -0.15) is 0 Å². The minimum absolute atomic E-state index is 0.0461. The topological polar surface area (TPSA) is 97.4 Å². The van der Waals surface area contributed by atoms with E-state index in [0.717, 1.165) is 6.54 Å². The van der Waals surface area contributed by atoms with Gasteiger partial charge in [0.1, 0.15) is 6.61 Å². The molecule has 0 saturated heterocycles. The number of ether oxygens (including phenoxy) is 8. The number of hydrogen-bond acceptors (Lipinski definition) is 10. The maximum atomic E-state index is 12.6. The monoisotopic (exact) mass is 632 g/mol. The second kappa shape index (κ2) is 22.8. The lowest BCUT2D eigenvalue weighted by Gasteiger charge is -2.19. The summed E-state index contributed by atoms with van der Waals surface area (Å²) in [6.07, 6.45) is -0.358. The molecule has 1 amide bonds. The number of carbonyl (C=O) groups is 1. The SMILES string of the molecule is CN(C)CCOCCOCCOCCOCCOCCOCCOCCN(C)C(=O)OCC1c2ccccc2-c2ccccc21. The van der Waals surface area contributed by atoms with E-state index in [1.165, 1.54) is 27.2 Å². The molecule has 0 radical (unpaired) electrons. The Labute approximate surface area is 268 Å². The molecule has 0 atom stereocenters. The zero-order valence-corrected chi connectivity index (χ0v) is 27.3. The summed E-state index contributed by atoms with van der Waals surface area (Å²) in [4.78, 5) is 16.2. The van der Waals surface area contributed by atoms with Gasteiger partial charge in [-0.1, -0.05) is 48.5 Å². The fourth-order valence-corrected chi connectivity index (χ4v) is 4.67. The Morgan fingerprint density at radius 3 is 1.29 bits per heavy atom. The van der Waals surface area contributed by atoms with E-state index in [-0.39, 0.29) is 12.0 Å². The van der Waals surface area contributed by atoms with Gasteiger partial charge in [-0.25, -0.2) is 4.79 Å². The van der Waals surface area contributed by atoms with Crippen LogP contribution in [0.25, 0.3) is 11.1 Å². The fraction of sp³-hybridized carbons (Fsp3) is 0.618. The van der Waals surface area contributed by atoms with Crippen molar-refractivity contribution in [3.63, 3.8) is 0 Å². The zero-order valence-electron chi connectivity index (χ0n) is 27.3. The van der Waals surface area contributed by atoms with Crippen LogP contribution >= 0.6 is 0 Å². The molecule has 11 nitrogen and oxygen atoms in total. The molecule has 0 aromatic heterocycles. The number of hydrogen-bond donors (Lipinski definition) is 0. The Morgan fingerprint density at radius 2 is 0.889 bits per heavy atom. The Balaban J connectivity index is 1.06. The van der Waals surface area contributed by atoms with Crippen LogP contribution in [0.2, 0.25) is 0 Å². The van der Waals surface area contributed by atoms with Gasteiger partial charge in [0.15, 0.2) is 0 Å². The minimum Gasteiger partial charge on any atom is -0.448 e. The number of rotatable bonds is 26. The van der Waals surface area contributed by atoms with E-state index in [9.17, 15) is 4.79 Å². The summed E-state index contributed by atoms with van der Waals surface area (Å²) in [5.74, 6) is 0.0461. The number of nitrogens with zero attached hydrogens (tertiary/aromatic N) is 2. The molecule has 0 fully saturated rings. The van der Waals surface area contributed by atoms with E-state index in [4.69, 9.17) is 37.9 Å². The summed E-state index contributed by atoms with van der Waals surface area (Å²) in [6, 6.07) is 16.6. The number of carbonyl (C=O) groups excluding carboxylic acids is 1. The van der Waals surface area contributed by atoms with Crippen molar-refractivity contribution in [1.29, 1.82) is 0 Å². The van der Waals surface area contributed by atoms with Crippen LogP contribution in [0.4, 0.5) is 4.79 Å². The van der Waals surface area contributed by atoms with Crippen molar-refractivity contribution >= 4 is 6.09 Å². The van der Waals surface area contributed by atoms with Crippen molar-refractivity contribution in [3.05, 3.63) is 59.7 Å². The second-order valence-corrected chi connectivity index (χ2v) is 10.8. The third-order valence-electron chi connectivity index (χ3n) is 7.13. The Bertz CT molecular complexity index is 1030. The van der Waals surface area contributed by atoms with E-state index in [1.54, 1.807) is 7.05 Å². The molecule has 0 bridgehead atoms. The van der Waals surface area contributed by atoms with E-state index >= 15 is 0 Å². The molecule has 1 aliphatic rings. The normalized spacial score (nSPS) is 12.4. The van der Waals surface area contributed by atoms with Crippen molar-refractivity contribution in [2.24, 2.45) is 0 Å². The molecule has 2 aromatic rings. The van der Waals surface area contributed by atoms with Crippen LogP contribution in [0.5, 0.6) is 0 Å². The Morgan fingerprint density at radius 1 is 0.533 bits per heavy atom. The molecule has 11 heteroatoms. The predicted octanol–water partition coefficient (Wildman–Crippen LogP) is 3.55. The maximum absolute atomic E-state index is 12.6. The third kappa shape index (κ3) is 14.6. The molecular formula is C34H52N2O9. The van der Waals surface area contributed by atoms with Crippen LogP contribution in [0.15, 0.2) is 48.5 Å². The van der Waals surface area contributed by atoms with E-state index in [0.29, 0.717) is 106 Å². The maximum Gasteiger partial charge on any atom is 0.409 e. The highest BCUT2D eigenvalue weighted by molar-refractivity contribution is 5.79. The highest BCUT2D eigenvalue weighted by atomic mass is 16.6. The van der Waals surface area contributed by atoms with Crippen LogP contribution in [0.3, 0.4) is 0 Å². The molecule has 0 spiro atoms. The molecule has 0 heterocycles. The standard InChI is InChI=1S/C34H52N2O9/c1-35(2)12-14-38-16-18-40-20-22-42-24-26-44-27-25-43-23-21-41-19-17-39-15-13-36(3)34(37)45-28-33-31-10-6-4-8-29(31)30-9-5-7-11-32(30)33/h4-11,33H,12-28H2,1-3H3. The van der Waals surface area contributed by atoms with Crippen LogP contribution < -0.4 is 0 Å². The van der Waals surface area contributed by atoms with Crippen LogP contribution in [0, 0.1) is 0 Å². The zero-order chi connectivity index (χ0) is 32.0. The predicted molar refractivity (Wildman–Crippen MR) is 172 cm³/mol. The third-order valence-corrected chi connectivity index (χ3v) is 7.13. The summed E-state index contributed by atoms with van der Waals surface area (Å²) < 4.78 is 44.2. The van der Waals surface area contributed by atoms with E-state index < -0.39 is 0 Å². The van der Waals surface area contributed by atoms with Crippen molar-refractivity contribution in [1.82, 2.24) is 9.80 Å². The van der Waals surface area contributed by atoms with Gasteiger partial charge in [0.25, 0.3) is 0 Å². The largest absolute Gasteiger partial charge is 0.448 e. The first-order valence-corrected chi connectivity index (χ1v) is 15.8. The molecule has 0 N–H and O–H groups in total. The quantitative estimate of drug-likeness (QED) is 0.143. The lowest BCUT2D eigenvalue weighted by Crippen LogP contribution is -2.32. The van der Waals surface area contributed by atoms with Crippen LogP contribution in [-0.2, 0) is 37.9 Å². The van der Waals surface area contributed by atoms with Crippen LogP contribution in [0.1, 0.15) is 17.0 Å². The molecule has 1 aliphatic carbocycles. The number of amides is 1. The molecule has 0 unspecified atom stereocenters. The Kier molecular flexibility index (Phi) is 18.7. The molecular weight excluding hydrogens is 580 g/mol. The highest BCUT2D eigenvalue weighted by Gasteiger charge is 2.29. The number of likely N-dealkylation sites (N-methyl/N-ethyl adjacent to an activating group) is 2. The van der Waals surface area contributed by atoms with Gasteiger partial charge < -0.3 is 47.7 Å². The van der Waals surface area contributed by atoms with Gasteiger partial charge in [-0.3, -0.25) is 0 Å². The fourth-order valence-electron chi connectivity index (χ4n) is 4.67. The molecule has 252 valence electrons. The summed E-state index contributed by atoms with van der Waals surface area (Å²) in [6.45, 7) is 8.93. The first-order valence-electron chi connectivity index (χ1n) is 15.8. The summed E-state index contributed by atoms with van der Waals surface area (Å²) in [5, 5.41) is 0. The van der Waals surface area contributed by atoms with Gasteiger partial charge >= 0.3 is 6.09 Å². The molecule has 3 rings (SSSR count). The van der Waals surface area contributed by atoms with Gasteiger partial charge in [-0.15, -0.1) is 0 Å². The van der Waals surface area contributed by atoms with E-state index in [1.807, 2.05) is 38.4 Å². The number of benzene rings is 2. The molecule has 2 aromatic carbocycles. The second-order valence-electron chi connectivity index (χ2n) is 10.8. The molecule has 0 saturated carbocycles. The average Bonchev–Trinajstić information content (AvgIpc) is 3.37. The summed E-state index contributed by atoms with van der Waals surface area (Å²) in [7, 11) is 5.76. The lowest BCUT2D eigenvalue weighted by atomic mass is 9.98. The van der Waals surface area contributed by atoms with E-state index in [2.05, 4.69) is 29.2 Å². The highest BCUT2D eigenvalue weighted by Crippen LogP contribution is 2.44. The lowest BCUT2D eigenvalue weighted by molar-refractivity contribution is -0.0211. The van der Waals surface area contributed by atoms with Crippen molar-refractivity contribution in [2.45, 2.75) is 5.92 Å². The average molecular weight is 633 g/mol. The van der Waals surface area contributed by atoms with Crippen LogP contribution in [-0.4, -0.2) is 149 Å².